The molecule has 0 amide bonds. The van der Waals surface area contributed by atoms with E-state index in [1.165, 1.54) is 13.2 Å². The van der Waals surface area contributed by atoms with E-state index in [0.29, 0.717) is 15.8 Å². The summed E-state index contributed by atoms with van der Waals surface area (Å²) in [6.45, 7) is 1.81. The number of phenolic OH excluding ortho intramolecular Hbond substituents is 1. The molecule has 1 N–H and O–H groups in total. The number of carbonyl (C=O) groups is 1. The lowest BCUT2D eigenvalue weighted by Gasteiger charge is -2.09. The normalized spacial score (nSPS) is 12.2. The van der Waals surface area contributed by atoms with Crippen molar-refractivity contribution in [1.82, 2.24) is 0 Å². The summed E-state index contributed by atoms with van der Waals surface area (Å²) in [6.07, 6.45) is 0. The van der Waals surface area contributed by atoms with Gasteiger partial charge in [0.1, 0.15) is 23.8 Å². The number of Topliss-reactive ketones (excluding diaryl/α,β-unsaturated/α-hetero) is 1. The van der Waals surface area contributed by atoms with Gasteiger partial charge in [0.15, 0.2) is 5.78 Å². The summed E-state index contributed by atoms with van der Waals surface area (Å²) in [4.78, 5) is 11.7. The van der Waals surface area contributed by atoms with Crippen molar-refractivity contribution in [3.05, 3.63) is 22.2 Å². The van der Waals surface area contributed by atoms with E-state index in [1.807, 2.05) is 14.8 Å². The Bertz CT molecular complexity index is 390. The number of phenols is 1. The second-order valence-corrected chi connectivity index (χ2v) is 4.32. The number of aromatic hydroxyl groups is 1. The molecule has 1 rings (SSSR count). The number of ether oxygens (including phenoxy) is 1. The van der Waals surface area contributed by atoms with Crippen LogP contribution >= 0.6 is 15.9 Å². The molecule has 15 heavy (non-hydrogen) atoms. The van der Waals surface area contributed by atoms with Crippen LogP contribution in [-0.4, -0.2) is 25.8 Å². The van der Waals surface area contributed by atoms with Crippen molar-refractivity contribution >= 4 is 29.6 Å². The molecule has 0 aliphatic rings. The Kier molecular flexibility index (Phi) is 3.80. The van der Waals surface area contributed by atoms with Crippen molar-refractivity contribution in [2.45, 2.75) is 12.7 Å². The predicted molar refractivity (Wildman–Crippen MR) is 64.7 cm³/mol. The largest absolute Gasteiger partial charge is 0.507 e. The van der Waals surface area contributed by atoms with Gasteiger partial charge in [0, 0.05) is 5.56 Å². The zero-order valence-corrected chi connectivity index (χ0v) is 10.5. The third kappa shape index (κ3) is 2.53. The molecule has 0 aromatic heterocycles. The van der Waals surface area contributed by atoms with Gasteiger partial charge in [0.25, 0.3) is 0 Å². The predicted octanol–water partition coefficient (Wildman–Crippen LogP) is 1.79. The van der Waals surface area contributed by atoms with Gasteiger partial charge in [-0.3, -0.25) is 4.79 Å². The van der Waals surface area contributed by atoms with Crippen LogP contribution in [0.15, 0.2) is 16.6 Å². The fourth-order valence-electron chi connectivity index (χ4n) is 1.21. The van der Waals surface area contributed by atoms with E-state index in [4.69, 9.17) is 4.74 Å². The van der Waals surface area contributed by atoms with Crippen LogP contribution in [0.2, 0.25) is 5.82 Å². The number of hydrogen-bond donors (Lipinski definition) is 1. The molecule has 1 atom stereocenters. The third-order valence-electron chi connectivity index (χ3n) is 2.05. The minimum Gasteiger partial charge on any atom is -0.507 e. The van der Waals surface area contributed by atoms with Gasteiger partial charge in [-0.1, -0.05) is 6.92 Å². The van der Waals surface area contributed by atoms with Gasteiger partial charge in [-0.15, -0.1) is 0 Å². The van der Waals surface area contributed by atoms with Crippen molar-refractivity contribution in [2.75, 3.05) is 7.11 Å². The Morgan fingerprint density at radius 3 is 2.67 bits per heavy atom. The lowest BCUT2D eigenvalue weighted by molar-refractivity contribution is 0.0988. The molecule has 3 nitrogen and oxygen atoms in total. The van der Waals surface area contributed by atoms with Gasteiger partial charge in [0.2, 0.25) is 0 Å². The molecule has 0 aliphatic carbocycles. The summed E-state index contributed by atoms with van der Waals surface area (Å²) in [5, 5.41) is 9.56. The van der Waals surface area contributed by atoms with Gasteiger partial charge in [0.05, 0.1) is 7.11 Å². The van der Waals surface area contributed by atoms with Gasteiger partial charge >= 0.3 is 0 Å². The quantitative estimate of drug-likeness (QED) is 0.673. The summed E-state index contributed by atoms with van der Waals surface area (Å²) in [5.74, 6) is 0.351. The summed E-state index contributed by atoms with van der Waals surface area (Å²) in [5.41, 5.74) is 0.461. The first-order chi connectivity index (χ1) is 6.97. The van der Waals surface area contributed by atoms with E-state index in [1.54, 1.807) is 6.07 Å². The Morgan fingerprint density at radius 2 is 2.20 bits per heavy atom. The molecular formula is C10H12BBrO3. The first-order valence-electron chi connectivity index (χ1n) is 4.58. The van der Waals surface area contributed by atoms with E-state index < -0.39 is 0 Å². The van der Waals surface area contributed by atoms with Crippen LogP contribution in [0.3, 0.4) is 0 Å². The highest BCUT2D eigenvalue weighted by molar-refractivity contribution is 9.10. The second kappa shape index (κ2) is 4.70. The maximum absolute atomic E-state index is 11.7. The maximum atomic E-state index is 11.7. The van der Waals surface area contributed by atoms with Crippen LogP contribution in [0.1, 0.15) is 17.3 Å². The lowest BCUT2D eigenvalue weighted by atomic mass is 9.83. The van der Waals surface area contributed by atoms with E-state index in [2.05, 4.69) is 15.9 Å². The molecular weight excluding hydrogens is 259 g/mol. The van der Waals surface area contributed by atoms with Crippen LogP contribution in [0, 0.1) is 0 Å². The average Bonchev–Trinajstić information content (AvgIpc) is 2.20. The van der Waals surface area contributed by atoms with E-state index in [0.717, 1.165) is 0 Å². The first kappa shape index (κ1) is 12.1. The molecule has 1 unspecified atom stereocenters. The highest BCUT2D eigenvalue weighted by Crippen LogP contribution is 2.35. The molecule has 0 radical (unpaired) electrons. The van der Waals surface area contributed by atoms with E-state index in [-0.39, 0.29) is 17.4 Å². The Labute approximate surface area is 98.0 Å². The van der Waals surface area contributed by atoms with Gasteiger partial charge in [-0.2, -0.15) is 0 Å². The molecule has 80 valence electrons. The number of halogens is 1. The number of carbonyl (C=O) groups excluding carboxylic acids is 1. The van der Waals surface area contributed by atoms with Crippen LogP contribution in [0.25, 0.3) is 0 Å². The molecule has 0 saturated heterocycles. The summed E-state index contributed by atoms with van der Waals surface area (Å²) >= 11 is 3.17. The molecule has 0 saturated carbocycles. The standard InChI is InChI=1S/C10H12BBrO3/c1-5(11)10(14)6-3-7(13)9(12)8(4-6)15-2/h3-5,13H,11H2,1-2H3. The number of methoxy groups -OCH3 is 1. The molecule has 0 fully saturated rings. The Morgan fingerprint density at radius 1 is 1.60 bits per heavy atom. The van der Waals surface area contributed by atoms with Gasteiger partial charge < -0.3 is 9.84 Å². The third-order valence-corrected chi connectivity index (χ3v) is 2.85. The number of rotatable bonds is 3. The summed E-state index contributed by atoms with van der Waals surface area (Å²) < 4.78 is 5.50. The van der Waals surface area contributed by atoms with Crippen LogP contribution in [0.4, 0.5) is 0 Å². The topological polar surface area (TPSA) is 46.5 Å². The average molecular weight is 271 g/mol. The number of hydrogen-bond acceptors (Lipinski definition) is 3. The van der Waals surface area contributed by atoms with E-state index >= 15 is 0 Å². The van der Waals surface area contributed by atoms with Crippen LogP contribution in [-0.2, 0) is 0 Å². The molecule has 1 aromatic rings. The fourth-order valence-corrected chi connectivity index (χ4v) is 1.60. The molecule has 0 aliphatic heterocycles. The van der Waals surface area contributed by atoms with Crippen molar-refractivity contribution < 1.29 is 14.6 Å². The molecule has 0 heterocycles. The monoisotopic (exact) mass is 270 g/mol. The zero-order chi connectivity index (χ0) is 11.6. The summed E-state index contributed by atoms with van der Waals surface area (Å²) in [6, 6.07) is 3.06. The molecule has 5 heteroatoms. The SMILES string of the molecule is BC(C)C(=O)c1cc(O)c(Br)c(OC)c1. The van der Waals surface area contributed by atoms with Gasteiger partial charge in [-0.05, 0) is 33.9 Å². The highest BCUT2D eigenvalue weighted by Gasteiger charge is 2.15. The minimum atomic E-state index is -0.102. The van der Waals surface area contributed by atoms with Crippen LogP contribution in [0.5, 0.6) is 11.5 Å². The highest BCUT2D eigenvalue weighted by atomic mass is 79.9. The summed E-state index contributed by atoms with van der Waals surface area (Å²) in [7, 11) is 3.30. The number of benzene rings is 1. The van der Waals surface area contributed by atoms with Crippen LogP contribution < -0.4 is 4.74 Å². The Balaban J connectivity index is 3.22. The fraction of sp³-hybridized carbons (Fsp3) is 0.300. The van der Waals surface area contributed by atoms with E-state index in [9.17, 15) is 9.90 Å². The first-order valence-corrected chi connectivity index (χ1v) is 5.37. The smallest absolute Gasteiger partial charge is 0.158 e. The zero-order valence-electron chi connectivity index (χ0n) is 8.87. The van der Waals surface area contributed by atoms with Crippen molar-refractivity contribution in [3.63, 3.8) is 0 Å². The van der Waals surface area contributed by atoms with Crippen molar-refractivity contribution in [1.29, 1.82) is 0 Å². The molecule has 0 bridgehead atoms. The second-order valence-electron chi connectivity index (χ2n) is 3.53. The van der Waals surface area contributed by atoms with Crippen molar-refractivity contribution in [3.8, 4) is 11.5 Å². The van der Waals surface area contributed by atoms with Crippen molar-refractivity contribution in [2.24, 2.45) is 0 Å². The molecule has 0 spiro atoms. The van der Waals surface area contributed by atoms with Gasteiger partial charge in [-0.25, -0.2) is 0 Å². The lowest BCUT2D eigenvalue weighted by Crippen LogP contribution is -2.05. The number of ketones is 1. The maximum Gasteiger partial charge on any atom is 0.158 e. The molecule has 1 aromatic carbocycles. The minimum absolute atomic E-state index is 0.0124. The Hall–Kier alpha value is -0.965.